The molecule has 0 aromatic rings. The van der Waals surface area contributed by atoms with Crippen molar-refractivity contribution in [2.45, 2.75) is 44.9 Å². The lowest BCUT2D eigenvalue weighted by Crippen LogP contribution is -1.83. The average molecular weight is 170 g/mol. The van der Waals surface area contributed by atoms with Crippen LogP contribution in [-0.4, -0.2) is 16.8 Å². The molecule has 0 saturated heterocycles. The standard InChI is InChI=1S/C10H18O2/c11-9-7-5-3-1-2-4-6-8-10-12/h11-12H,1-7,9H2. The predicted molar refractivity (Wildman–Crippen MR) is 49.1 cm³/mol. The van der Waals surface area contributed by atoms with E-state index >= 15 is 0 Å². The van der Waals surface area contributed by atoms with Crippen molar-refractivity contribution in [3.8, 4) is 12.0 Å². The van der Waals surface area contributed by atoms with Crippen LogP contribution in [0.25, 0.3) is 0 Å². The lowest BCUT2D eigenvalue weighted by Gasteiger charge is -1.97. The van der Waals surface area contributed by atoms with Crippen LogP contribution < -0.4 is 0 Å². The van der Waals surface area contributed by atoms with Crippen LogP contribution >= 0.6 is 0 Å². The molecule has 0 fully saturated rings. The molecule has 0 aromatic heterocycles. The Labute approximate surface area is 74.6 Å². The Morgan fingerprint density at radius 1 is 0.833 bits per heavy atom. The normalized spacial score (nSPS) is 9.08. The highest BCUT2D eigenvalue weighted by atomic mass is 16.3. The van der Waals surface area contributed by atoms with E-state index in [0.717, 1.165) is 25.7 Å². The van der Waals surface area contributed by atoms with Crippen molar-refractivity contribution in [2.24, 2.45) is 0 Å². The third kappa shape index (κ3) is 9.32. The molecule has 0 amide bonds. The summed E-state index contributed by atoms with van der Waals surface area (Å²) in [5.74, 6) is 2.62. The molecule has 2 heteroatoms. The first kappa shape index (κ1) is 11.3. The highest BCUT2D eigenvalue weighted by molar-refractivity contribution is 4.88. The van der Waals surface area contributed by atoms with Gasteiger partial charge in [-0.15, -0.1) is 0 Å². The fourth-order valence-corrected chi connectivity index (χ4v) is 1.09. The molecule has 0 radical (unpaired) electrons. The van der Waals surface area contributed by atoms with Crippen molar-refractivity contribution in [1.82, 2.24) is 0 Å². The first-order chi connectivity index (χ1) is 5.91. The van der Waals surface area contributed by atoms with Gasteiger partial charge in [0.1, 0.15) is 6.11 Å². The summed E-state index contributed by atoms with van der Waals surface area (Å²) in [6, 6.07) is 0. The first-order valence-electron chi connectivity index (χ1n) is 4.64. The Bertz CT molecular complexity index is 133. The maximum Gasteiger partial charge on any atom is 0.107 e. The van der Waals surface area contributed by atoms with Crippen molar-refractivity contribution in [1.29, 1.82) is 0 Å². The zero-order valence-corrected chi connectivity index (χ0v) is 7.55. The molecular formula is C10H18O2. The lowest BCUT2D eigenvalue weighted by molar-refractivity contribution is 0.282. The second-order valence-corrected chi connectivity index (χ2v) is 2.88. The molecule has 12 heavy (non-hydrogen) atoms. The summed E-state index contributed by atoms with van der Waals surface area (Å²) in [5, 5.41) is 16.6. The lowest BCUT2D eigenvalue weighted by atomic mass is 10.1. The van der Waals surface area contributed by atoms with Crippen LogP contribution in [0.4, 0.5) is 0 Å². The van der Waals surface area contributed by atoms with Gasteiger partial charge in [0.15, 0.2) is 0 Å². The summed E-state index contributed by atoms with van der Waals surface area (Å²) in [4.78, 5) is 0. The van der Waals surface area contributed by atoms with Crippen LogP contribution in [0.15, 0.2) is 0 Å². The Balaban J connectivity index is 2.84. The molecule has 0 heterocycles. The molecule has 0 aliphatic heterocycles. The summed E-state index contributed by atoms with van der Waals surface area (Å²) in [6.45, 7) is 0.315. The van der Waals surface area contributed by atoms with Crippen molar-refractivity contribution in [3.63, 3.8) is 0 Å². The van der Waals surface area contributed by atoms with E-state index in [2.05, 4.69) is 5.92 Å². The SMILES string of the molecule is OC#CCCCCCCCCO. The van der Waals surface area contributed by atoms with Gasteiger partial charge in [-0.05, 0) is 12.8 Å². The molecule has 0 bridgehead atoms. The fraction of sp³-hybridized carbons (Fsp3) is 0.800. The van der Waals surface area contributed by atoms with Gasteiger partial charge in [0.2, 0.25) is 0 Å². The van der Waals surface area contributed by atoms with Crippen molar-refractivity contribution >= 4 is 0 Å². The van der Waals surface area contributed by atoms with E-state index in [4.69, 9.17) is 10.2 Å². The van der Waals surface area contributed by atoms with Gasteiger partial charge in [-0.25, -0.2) is 0 Å². The van der Waals surface area contributed by atoms with Gasteiger partial charge in [0.05, 0.1) is 0 Å². The van der Waals surface area contributed by atoms with E-state index < -0.39 is 0 Å². The number of aliphatic hydroxyl groups excluding tert-OH is 2. The summed E-state index contributed by atoms with van der Waals surface area (Å²) < 4.78 is 0. The average Bonchev–Trinajstić information content (AvgIpc) is 2.10. The molecular weight excluding hydrogens is 152 g/mol. The summed E-state index contributed by atoms with van der Waals surface area (Å²) >= 11 is 0. The molecule has 0 atom stereocenters. The maximum atomic E-state index is 8.49. The van der Waals surface area contributed by atoms with Gasteiger partial charge in [-0.3, -0.25) is 0 Å². The van der Waals surface area contributed by atoms with E-state index in [1.165, 1.54) is 19.3 Å². The highest BCUT2D eigenvalue weighted by Crippen LogP contribution is 2.05. The second-order valence-electron chi connectivity index (χ2n) is 2.88. The van der Waals surface area contributed by atoms with Crippen LogP contribution in [0.1, 0.15) is 44.9 Å². The van der Waals surface area contributed by atoms with Gasteiger partial charge < -0.3 is 10.2 Å². The Kier molecular flexibility index (Phi) is 9.74. The van der Waals surface area contributed by atoms with E-state index in [1.54, 1.807) is 0 Å². The second kappa shape index (κ2) is 10.3. The summed E-state index contributed by atoms with van der Waals surface area (Å²) in [6.07, 6.45) is 9.43. The maximum absolute atomic E-state index is 8.49. The van der Waals surface area contributed by atoms with Crippen molar-refractivity contribution in [2.75, 3.05) is 6.61 Å². The Morgan fingerprint density at radius 3 is 2.00 bits per heavy atom. The van der Waals surface area contributed by atoms with Crippen LogP contribution in [-0.2, 0) is 0 Å². The highest BCUT2D eigenvalue weighted by Gasteiger charge is 1.89. The first-order valence-corrected chi connectivity index (χ1v) is 4.64. The number of hydrogen-bond acceptors (Lipinski definition) is 2. The molecule has 0 aromatic carbocycles. The fourth-order valence-electron chi connectivity index (χ4n) is 1.09. The van der Waals surface area contributed by atoms with Crippen LogP contribution in [0.3, 0.4) is 0 Å². The molecule has 2 N–H and O–H groups in total. The quantitative estimate of drug-likeness (QED) is 0.453. The number of rotatable bonds is 7. The van der Waals surface area contributed by atoms with Crippen LogP contribution in [0, 0.1) is 12.0 Å². The van der Waals surface area contributed by atoms with Gasteiger partial charge in [0.25, 0.3) is 0 Å². The minimum Gasteiger partial charge on any atom is -0.462 e. The minimum atomic E-state index is 0.315. The third-order valence-corrected chi connectivity index (χ3v) is 1.79. The topological polar surface area (TPSA) is 40.5 Å². The molecule has 0 rings (SSSR count). The largest absolute Gasteiger partial charge is 0.462 e. The molecule has 70 valence electrons. The molecule has 0 spiro atoms. The smallest absolute Gasteiger partial charge is 0.107 e. The van der Waals surface area contributed by atoms with Crippen molar-refractivity contribution < 1.29 is 10.2 Å². The predicted octanol–water partition coefficient (Wildman–Crippen LogP) is 2.04. The van der Waals surface area contributed by atoms with E-state index in [1.807, 2.05) is 6.11 Å². The van der Waals surface area contributed by atoms with Crippen LogP contribution in [0.2, 0.25) is 0 Å². The number of aliphatic hydroxyl groups is 2. The number of hydrogen-bond donors (Lipinski definition) is 2. The number of unbranched alkanes of at least 4 members (excludes halogenated alkanes) is 6. The van der Waals surface area contributed by atoms with E-state index in [9.17, 15) is 0 Å². The van der Waals surface area contributed by atoms with Gasteiger partial charge in [0, 0.05) is 13.0 Å². The molecule has 0 unspecified atom stereocenters. The van der Waals surface area contributed by atoms with E-state index in [-0.39, 0.29) is 0 Å². The van der Waals surface area contributed by atoms with Crippen LogP contribution in [0.5, 0.6) is 0 Å². The third-order valence-electron chi connectivity index (χ3n) is 1.79. The molecule has 0 aliphatic rings. The summed E-state index contributed by atoms with van der Waals surface area (Å²) in [5.41, 5.74) is 0. The van der Waals surface area contributed by atoms with Gasteiger partial charge in [-0.2, -0.15) is 0 Å². The van der Waals surface area contributed by atoms with Gasteiger partial charge >= 0.3 is 0 Å². The zero-order chi connectivity index (χ0) is 9.07. The van der Waals surface area contributed by atoms with Gasteiger partial charge in [-0.1, -0.05) is 31.6 Å². The molecule has 2 nitrogen and oxygen atoms in total. The van der Waals surface area contributed by atoms with E-state index in [0.29, 0.717) is 6.61 Å². The zero-order valence-electron chi connectivity index (χ0n) is 7.55. The monoisotopic (exact) mass is 170 g/mol. The Morgan fingerprint density at radius 2 is 1.42 bits per heavy atom. The molecule has 0 saturated carbocycles. The Hall–Kier alpha value is -0.680. The molecule has 0 aliphatic carbocycles. The van der Waals surface area contributed by atoms with Crippen molar-refractivity contribution in [3.05, 3.63) is 0 Å². The minimum absolute atomic E-state index is 0.315. The summed E-state index contributed by atoms with van der Waals surface area (Å²) in [7, 11) is 0.